The van der Waals surface area contributed by atoms with E-state index in [1.54, 1.807) is 0 Å². The number of hydrogen-bond donors (Lipinski definition) is 1. The van der Waals surface area contributed by atoms with Gasteiger partial charge >= 0.3 is 0 Å². The van der Waals surface area contributed by atoms with Crippen LogP contribution in [0.15, 0.2) is 18.2 Å². The molecule has 1 aliphatic heterocycles. The first kappa shape index (κ1) is 14.9. The molecule has 4 nitrogen and oxygen atoms in total. The van der Waals surface area contributed by atoms with Crippen LogP contribution in [0.25, 0.3) is 0 Å². The SMILES string of the molecule is Cc1ccc2c(c1)CC(CCC1CCC(=O)NC1=O)CC2=O. The van der Waals surface area contributed by atoms with Crippen molar-refractivity contribution in [3.63, 3.8) is 0 Å². The Bertz CT molecular complexity index is 635. The van der Waals surface area contributed by atoms with Gasteiger partial charge in [0.2, 0.25) is 11.8 Å². The normalized spacial score (nSPS) is 24.9. The molecule has 1 heterocycles. The van der Waals surface area contributed by atoms with Crippen molar-refractivity contribution in [3.05, 3.63) is 34.9 Å². The molecular formula is C18H21NO3. The van der Waals surface area contributed by atoms with Crippen LogP contribution in [0, 0.1) is 18.8 Å². The Morgan fingerprint density at radius 1 is 1.14 bits per heavy atom. The minimum atomic E-state index is -0.168. The number of aryl methyl sites for hydroxylation is 1. The molecule has 0 radical (unpaired) electrons. The van der Waals surface area contributed by atoms with Crippen LogP contribution < -0.4 is 5.32 Å². The van der Waals surface area contributed by atoms with E-state index in [1.807, 2.05) is 19.1 Å². The Labute approximate surface area is 130 Å². The van der Waals surface area contributed by atoms with Crippen LogP contribution in [0.5, 0.6) is 0 Å². The van der Waals surface area contributed by atoms with Crippen LogP contribution in [0.2, 0.25) is 0 Å². The summed E-state index contributed by atoms with van der Waals surface area (Å²) in [5.41, 5.74) is 3.18. The van der Waals surface area contributed by atoms with Gasteiger partial charge in [-0.25, -0.2) is 0 Å². The van der Waals surface area contributed by atoms with Crippen molar-refractivity contribution in [2.45, 2.75) is 45.4 Å². The molecule has 2 unspecified atom stereocenters. The first-order valence-corrected chi connectivity index (χ1v) is 7.99. The molecule has 22 heavy (non-hydrogen) atoms. The monoisotopic (exact) mass is 299 g/mol. The summed E-state index contributed by atoms with van der Waals surface area (Å²) in [7, 11) is 0. The molecular weight excluding hydrogens is 278 g/mol. The van der Waals surface area contributed by atoms with Crippen LogP contribution in [0.3, 0.4) is 0 Å². The van der Waals surface area contributed by atoms with E-state index in [9.17, 15) is 14.4 Å². The van der Waals surface area contributed by atoms with Crippen LogP contribution >= 0.6 is 0 Å². The largest absolute Gasteiger partial charge is 0.296 e. The summed E-state index contributed by atoms with van der Waals surface area (Å²) in [5, 5.41) is 2.40. The number of amides is 2. The van der Waals surface area contributed by atoms with Gasteiger partial charge in [-0.15, -0.1) is 0 Å². The van der Waals surface area contributed by atoms with Crippen LogP contribution in [-0.2, 0) is 16.0 Å². The Morgan fingerprint density at radius 2 is 1.95 bits per heavy atom. The highest BCUT2D eigenvalue weighted by atomic mass is 16.2. The van der Waals surface area contributed by atoms with E-state index in [0.29, 0.717) is 25.2 Å². The molecule has 1 fully saturated rings. The van der Waals surface area contributed by atoms with Crippen molar-refractivity contribution < 1.29 is 14.4 Å². The molecule has 3 rings (SSSR count). The molecule has 0 bridgehead atoms. The third kappa shape index (κ3) is 3.11. The summed E-state index contributed by atoms with van der Waals surface area (Å²) in [4.78, 5) is 35.2. The van der Waals surface area contributed by atoms with Crippen LogP contribution in [-0.4, -0.2) is 17.6 Å². The lowest BCUT2D eigenvalue weighted by atomic mass is 9.78. The smallest absolute Gasteiger partial charge is 0.229 e. The van der Waals surface area contributed by atoms with Gasteiger partial charge in [0.05, 0.1) is 0 Å². The van der Waals surface area contributed by atoms with E-state index in [2.05, 4.69) is 11.4 Å². The second kappa shape index (κ2) is 6.03. The summed E-state index contributed by atoms with van der Waals surface area (Å²) in [6, 6.07) is 6.02. The van der Waals surface area contributed by atoms with E-state index < -0.39 is 0 Å². The van der Waals surface area contributed by atoms with Gasteiger partial charge in [-0.2, -0.15) is 0 Å². The second-order valence-corrected chi connectivity index (χ2v) is 6.58. The maximum absolute atomic E-state index is 12.2. The van der Waals surface area contributed by atoms with Crippen LogP contribution in [0.1, 0.15) is 53.6 Å². The van der Waals surface area contributed by atoms with Crippen molar-refractivity contribution in [2.24, 2.45) is 11.8 Å². The van der Waals surface area contributed by atoms with Gasteiger partial charge < -0.3 is 0 Å². The molecule has 0 spiro atoms. The minimum absolute atomic E-state index is 0.0771. The first-order valence-electron chi connectivity index (χ1n) is 7.99. The van der Waals surface area contributed by atoms with Gasteiger partial charge in [0.1, 0.15) is 0 Å². The van der Waals surface area contributed by atoms with Crippen LogP contribution in [0.4, 0.5) is 0 Å². The van der Waals surface area contributed by atoms with E-state index in [0.717, 1.165) is 30.4 Å². The van der Waals surface area contributed by atoms with Gasteiger partial charge in [0, 0.05) is 24.3 Å². The molecule has 0 saturated carbocycles. The lowest BCUT2D eigenvalue weighted by Gasteiger charge is -2.26. The number of hydrogen-bond acceptors (Lipinski definition) is 3. The highest BCUT2D eigenvalue weighted by Crippen LogP contribution is 2.31. The predicted octanol–water partition coefficient (Wildman–Crippen LogP) is 2.57. The third-order valence-corrected chi connectivity index (χ3v) is 4.82. The number of imide groups is 1. The van der Waals surface area contributed by atoms with E-state index in [1.165, 1.54) is 5.56 Å². The molecule has 1 aromatic rings. The summed E-state index contributed by atoms with van der Waals surface area (Å²) in [6.45, 7) is 2.04. The summed E-state index contributed by atoms with van der Waals surface area (Å²) < 4.78 is 0. The number of nitrogens with one attached hydrogen (secondary N) is 1. The number of Topliss-reactive ketones (excluding diaryl/α,β-unsaturated/α-hetero) is 1. The quantitative estimate of drug-likeness (QED) is 0.873. The van der Waals surface area contributed by atoms with Gasteiger partial charge in [0.25, 0.3) is 0 Å². The van der Waals surface area contributed by atoms with Crippen molar-refractivity contribution in [3.8, 4) is 0 Å². The summed E-state index contributed by atoms with van der Waals surface area (Å²) >= 11 is 0. The average molecular weight is 299 g/mol. The molecule has 1 aromatic carbocycles. The Hall–Kier alpha value is -1.97. The molecule has 4 heteroatoms. The average Bonchev–Trinajstić information content (AvgIpc) is 2.46. The lowest BCUT2D eigenvalue weighted by Crippen LogP contribution is -2.40. The fourth-order valence-corrected chi connectivity index (χ4v) is 3.57. The Morgan fingerprint density at radius 3 is 2.73 bits per heavy atom. The number of rotatable bonds is 3. The Kier molecular flexibility index (Phi) is 4.10. The summed E-state index contributed by atoms with van der Waals surface area (Å²) in [5.74, 6) is 0.140. The lowest BCUT2D eigenvalue weighted by molar-refractivity contribution is -0.136. The molecule has 2 amide bonds. The number of piperidine rings is 1. The number of ketones is 1. The van der Waals surface area contributed by atoms with Gasteiger partial charge in [-0.1, -0.05) is 23.8 Å². The molecule has 1 N–H and O–H groups in total. The van der Waals surface area contributed by atoms with Crippen molar-refractivity contribution in [1.82, 2.24) is 5.32 Å². The van der Waals surface area contributed by atoms with Crippen molar-refractivity contribution in [1.29, 1.82) is 0 Å². The Balaban J connectivity index is 1.62. The number of fused-ring (bicyclic) bond motifs is 1. The summed E-state index contributed by atoms with van der Waals surface area (Å²) in [6.07, 6.45) is 4.19. The third-order valence-electron chi connectivity index (χ3n) is 4.82. The van der Waals surface area contributed by atoms with E-state index in [-0.39, 0.29) is 23.5 Å². The number of carbonyl (C=O) groups is 3. The molecule has 2 atom stereocenters. The van der Waals surface area contributed by atoms with Crippen molar-refractivity contribution in [2.75, 3.05) is 0 Å². The fraction of sp³-hybridized carbons (Fsp3) is 0.500. The molecule has 1 saturated heterocycles. The zero-order valence-electron chi connectivity index (χ0n) is 12.9. The molecule has 2 aliphatic rings. The second-order valence-electron chi connectivity index (χ2n) is 6.58. The van der Waals surface area contributed by atoms with E-state index >= 15 is 0 Å². The zero-order valence-corrected chi connectivity index (χ0v) is 12.9. The van der Waals surface area contributed by atoms with Gasteiger partial charge in [-0.3, -0.25) is 19.7 Å². The molecule has 1 aliphatic carbocycles. The predicted molar refractivity (Wildman–Crippen MR) is 82.4 cm³/mol. The maximum Gasteiger partial charge on any atom is 0.229 e. The number of carbonyl (C=O) groups excluding carboxylic acids is 3. The highest BCUT2D eigenvalue weighted by molar-refractivity contribution is 5.99. The zero-order chi connectivity index (χ0) is 15.7. The topological polar surface area (TPSA) is 63.2 Å². The molecule has 0 aromatic heterocycles. The fourth-order valence-electron chi connectivity index (χ4n) is 3.57. The van der Waals surface area contributed by atoms with Crippen molar-refractivity contribution >= 4 is 17.6 Å². The van der Waals surface area contributed by atoms with Gasteiger partial charge in [0.15, 0.2) is 5.78 Å². The number of benzene rings is 1. The highest BCUT2D eigenvalue weighted by Gasteiger charge is 2.29. The van der Waals surface area contributed by atoms with E-state index in [4.69, 9.17) is 0 Å². The minimum Gasteiger partial charge on any atom is -0.296 e. The standard InChI is InChI=1S/C18H21NO3/c1-11-2-6-15-14(8-11)9-12(10-16(15)20)3-4-13-5-7-17(21)19-18(13)22/h2,6,8,12-13H,3-5,7,9-10H2,1H3,(H,19,21,22). The first-order chi connectivity index (χ1) is 10.5. The molecule has 116 valence electrons. The van der Waals surface area contributed by atoms with Gasteiger partial charge in [-0.05, 0) is 44.1 Å². The maximum atomic E-state index is 12.2.